The maximum atomic E-state index is 12.4. The third kappa shape index (κ3) is 3.71. The predicted octanol–water partition coefficient (Wildman–Crippen LogP) is 3.45. The fourth-order valence-corrected chi connectivity index (χ4v) is 3.58. The molecule has 1 aromatic carbocycles. The van der Waals surface area contributed by atoms with Crippen LogP contribution >= 0.6 is 0 Å². The molecule has 0 unspecified atom stereocenters. The summed E-state index contributed by atoms with van der Waals surface area (Å²) >= 11 is 0. The van der Waals surface area contributed by atoms with Crippen molar-refractivity contribution >= 4 is 17.8 Å². The van der Waals surface area contributed by atoms with Crippen molar-refractivity contribution in [2.24, 2.45) is 11.8 Å². The second kappa shape index (κ2) is 7.85. The van der Waals surface area contributed by atoms with Crippen LogP contribution in [-0.4, -0.2) is 29.2 Å². The third-order valence-electron chi connectivity index (χ3n) is 5.43. The highest BCUT2D eigenvalue weighted by Gasteiger charge is 2.46. The summed E-state index contributed by atoms with van der Waals surface area (Å²) in [5.74, 6) is -0.308. The number of esters is 1. The number of amides is 2. The van der Waals surface area contributed by atoms with E-state index in [1.807, 2.05) is 24.3 Å². The molecule has 0 saturated carbocycles. The summed E-state index contributed by atoms with van der Waals surface area (Å²) < 4.78 is 5.33. The topological polar surface area (TPSA) is 63.7 Å². The van der Waals surface area contributed by atoms with Crippen LogP contribution in [0.1, 0.15) is 51.0 Å². The van der Waals surface area contributed by atoms with Crippen molar-refractivity contribution in [3.8, 4) is 5.75 Å². The van der Waals surface area contributed by atoms with Crippen LogP contribution in [0.3, 0.4) is 0 Å². The summed E-state index contributed by atoms with van der Waals surface area (Å²) in [6.07, 6.45) is 6.18. The molecular formula is C21H25NO4. The molecule has 2 aliphatic rings. The molecule has 5 heteroatoms. The number of likely N-dealkylation sites (tertiary alicyclic amines) is 1. The van der Waals surface area contributed by atoms with Crippen LogP contribution in [0.25, 0.3) is 0 Å². The number of hydrogen-bond acceptors (Lipinski definition) is 4. The van der Waals surface area contributed by atoms with Crippen molar-refractivity contribution in [2.45, 2.75) is 45.4 Å². The van der Waals surface area contributed by atoms with Gasteiger partial charge in [-0.15, -0.1) is 0 Å². The van der Waals surface area contributed by atoms with E-state index in [1.165, 1.54) is 10.5 Å². The van der Waals surface area contributed by atoms with Crippen molar-refractivity contribution in [2.75, 3.05) is 6.54 Å². The zero-order valence-electron chi connectivity index (χ0n) is 15.3. The molecule has 26 heavy (non-hydrogen) atoms. The van der Waals surface area contributed by atoms with Crippen LogP contribution in [-0.2, 0) is 14.4 Å². The number of allylic oxidation sites excluding steroid dienone is 2. The van der Waals surface area contributed by atoms with Crippen LogP contribution in [0.15, 0.2) is 36.4 Å². The number of hydrogen-bond donors (Lipinski definition) is 0. The standard InChI is InChI=1S/C21H25NO4/c1-3-14(2)15-8-10-16(11-9-15)26-19(23)12-13-22-20(24)17-6-4-5-7-18(17)21(22)25/h4-5,8-11,14,17-18H,3,6-7,12-13H2,1-2H3/t14-,17-,18+/m1/s1. The van der Waals surface area contributed by atoms with Gasteiger partial charge in [0.2, 0.25) is 11.8 Å². The van der Waals surface area contributed by atoms with Crippen molar-refractivity contribution in [1.29, 1.82) is 0 Å². The van der Waals surface area contributed by atoms with E-state index in [0.717, 1.165) is 6.42 Å². The number of ether oxygens (including phenoxy) is 1. The smallest absolute Gasteiger partial charge is 0.312 e. The molecule has 0 spiro atoms. The minimum Gasteiger partial charge on any atom is -0.426 e. The van der Waals surface area contributed by atoms with Gasteiger partial charge in [-0.3, -0.25) is 19.3 Å². The molecule has 1 aliphatic carbocycles. The van der Waals surface area contributed by atoms with Gasteiger partial charge in [0.1, 0.15) is 5.75 Å². The molecule has 0 radical (unpaired) electrons. The molecule has 3 rings (SSSR count). The molecule has 1 aliphatic heterocycles. The van der Waals surface area contributed by atoms with Gasteiger partial charge in [-0.25, -0.2) is 0 Å². The summed E-state index contributed by atoms with van der Waals surface area (Å²) in [4.78, 5) is 38.1. The molecule has 1 fully saturated rings. The monoisotopic (exact) mass is 355 g/mol. The van der Waals surface area contributed by atoms with Gasteiger partial charge in [0, 0.05) is 6.54 Å². The van der Waals surface area contributed by atoms with Gasteiger partial charge in [0.15, 0.2) is 0 Å². The fraction of sp³-hybridized carbons (Fsp3) is 0.476. The quantitative estimate of drug-likeness (QED) is 0.339. The highest BCUT2D eigenvalue weighted by Crippen LogP contribution is 2.35. The van der Waals surface area contributed by atoms with Gasteiger partial charge in [-0.05, 0) is 42.9 Å². The Bertz CT molecular complexity index is 696. The number of carbonyl (C=O) groups is 3. The Morgan fingerprint density at radius 1 is 1.12 bits per heavy atom. The second-order valence-electron chi connectivity index (χ2n) is 7.09. The summed E-state index contributed by atoms with van der Waals surface area (Å²) in [5.41, 5.74) is 1.21. The van der Waals surface area contributed by atoms with Gasteiger partial charge in [0.05, 0.1) is 18.3 Å². The zero-order valence-corrected chi connectivity index (χ0v) is 15.3. The van der Waals surface area contributed by atoms with Crippen molar-refractivity contribution in [3.05, 3.63) is 42.0 Å². The average Bonchev–Trinajstić information content (AvgIpc) is 2.91. The number of rotatable bonds is 6. The Balaban J connectivity index is 1.53. The van der Waals surface area contributed by atoms with E-state index in [4.69, 9.17) is 4.74 Å². The average molecular weight is 355 g/mol. The van der Waals surface area contributed by atoms with E-state index < -0.39 is 5.97 Å². The van der Waals surface area contributed by atoms with E-state index >= 15 is 0 Å². The lowest BCUT2D eigenvalue weighted by molar-refractivity contribution is -0.141. The number of imide groups is 1. The molecule has 3 atom stereocenters. The Labute approximate surface area is 154 Å². The highest BCUT2D eigenvalue weighted by atomic mass is 16.5. The molecular weight excluding hydrogens is 330 g/mol. The Hall–Kier alpha value is -2.43. The second-order valence-corrected chi connectivity index (χ2v) is 7.09. The molecule has 138 valence electrons. The third-order valence-corrected chi connectivity index (χ3v) is 5.43. The maximum Gasteiger partial charge on any atom is 0.312 e. The maximum absolute atomic E-state index is 12.4. The largest absolute Gasteiger partial charge is 0.426 e. The van der Waals surface area contributed by atoms with E-state index in [9.17, 15) is 14.4 Å². The number of fused-ring (bicyclic) bond motifs is 1. The van der Waals surface area contributed by atoms with Gasteiger partial charge in [-0.2, -0.15) is 0 Å². The van der Waals surface area contributed by atoms with E-state index in [2.05, 4.69) is 13.8 Å². The minimum absolute atomic E-state index is 0.0114. The lowest BCUT2D eigenvalue weighted by Crippen LogP contribution is -2.33. The molecule has 1 heterocycles. The summed E-state index contributed by atoms with van der Waals surface area (Å²) in [5, 5.41) is 0. The van der Waals surface area contributed by atoms with Gasteiger partial charge in [-0.1, -0.05) is 38.1 Å². The first-order chi connectivity index (χ1) is 12.5. The van der Waals surface area contributed by atoms with Crippen molar-refractivity contribution < 1.29 is 19.1 Å². The van der Waals surface area contributed by atoms with Gasteiger partial charge in [0.25, 0.3) is 0 Å². The molecule has 5 nitrogen and oxygen atoms in total. The van der Waals surface area contributed by atoms with Crippen molar-refractivity contribution in [1.82, 2.24) is 4.90 Å². The first kappa shape index (κ1) is 18.4. The van der Waals surface area contributed by atoms with Crippen LogP contribution in [0, 0.1) is 11.8 Å². The Morgan fingerprint density at radius 3 is 2.23 bits per heavy atom. The zero-order chi connectivity index (χ0) is 18.7. The fourth-order valence-electron chi connectivity index (χ4n) is 3.58. The molecule has 2 amide bonds. The highest BCUT2D eigenvalue weighted by molar-refractivity contribution is 6.05. The van der Waals surface area contributed by atoms with Gasteiger partial charge < -0.3 is 4.74 Å². The Kier molecular flexibility index (Phi) is 5.55. The molecule has 1 saturated heterocycles. The SMILES string of the molecule is CC[C@@H](C)c1ccc(OC(=O)CCN2C(=O)[C@H]3CC=CC[C@H]3C2=O)cc1. The van der Waals surface area contributed by atoms with Crippen LogP contribution in [0.5, 0.6) is 5.75 Å². The Morgan fingerprint density at radius 2 is 1.69 bits per heavy atom. The first-order valence-electron chi connectivity index (χ1n) is 9.32. The van der Waals surface area contributed by atoms with E-state index in [1.54, 1.807) is 12.1 Å². The molecule has 0 bridgehead atoms. The van der Waals surface area contributed by atoms with E-state index in [0.29, 0.717) is 24.5 Å². The molecule has 0 aromatic heterocycles. The summed E-state index contributed by atoms with van der Waals surface area (Å²) in [7, 11) is 0. The number of carbonyl (C=O) groups excluding carboxylic acids is 3. The summed E-state index contributed by atoms with van der Waals surface area (Å²) in [6, 6.07) is 7.49. The lowest BCUT2D eigenvalue weighted by atomic mass is 9.85. The van der Waals surface area contributed by atoms with Crippen molar-refractivity contribution in [3.63, 3.8) is 0 Å². The van der Waals surface area contributed by atoms with Gasteiger partial charge >= 0.3 is 5.97 Å². The predicted molar refractivity (Wildman–Crippen MR) is 97.5 cm³/mol. The van der Waals surface area contributed by atoms with Crippen LogP contribution in [0.4, 0.5) is 0 Å². The molecule has 1 aromatic rings. The first-order valence-corrected chi connectivity index (χ1v) is 9.32. The number of benzene rings is 1. The van der Waals surface area contributed by atoms with Crippen LogP contribution in [0.2, 0.25) is 0 Å². The molecule has 0 N–H and O–H groups in total. The lowest BCUT2D eigenvalue weighted by Gasteiger charge is -2.14. The normalized spacial score (nSPS) is 23.1. The van der Waals surface area contributed by atoms with E-state index in [-0.39, 0.29) is 36.6 Å². The minimum atomic E-state index is -0.435. The van der Waals surface area contributed by atoms with Crippen LogP contribution < -0.4 is 4.74 Å². The number of nitrogens with zero attached hydrogens (tertiary/aromatic N) is 1. The summed E-state index contributed by atoms with van der Waals surface area (Å²) in [6.45, 7) is 4.37.